The van der Waals surface area contributed by atoms with Crippen molar-refractivity contribution in [2.45, 2.75) is 25.8 Å². The maximum absolute atomic E-state index is 6.27. The second-order valence-corrected chi connectivity index (χ2v) is 5.66. The molecule has 1 rings (SSSR count). The van der Waals surface area contributed by atoms with Crippen molar-refractivity contribution in [2.75, 3.05) is 40.8 Å². The second kappa shape index (κ2) is 8.31. The van der Waals surface area contributed by atoms with E-state index in [1.807, 2.05) is 0 Å². The minimum absolute atomic E-state index is 0.0999. The Labute approximate surface area is 118 Å². The van der Waals surface area contributed by atoms with Gasteiger partial charge < -0.3 is 15.5 Å². The zero-order valence-electron chi connectivity index (χ0n) is 12.9. The first kappa shape index (κ1) is 16.2. The molecule has 0 amide bonds. The third kappa shape index (κ3) is 6.19. The van der Waals surface area contributed by atoms with Gasteiger partial charge in [-0.25, -0.2) is 0 Å². The molecule has 1 atom stereocenters. The number of nitrogens with two attached hydrogens (primary N) is 1. The first-order valence-electron chi connectivity index (χ1n) is 7.20. The predicted octanol–water partition coefficient (Wildman–Crippen LogP) is 2.13. The summed E-state index contributed by atoms with van der Waals surface area (Å²) in [6.07, 6.45) is 2.34. The van der Waals surface area contributed by atoms with Crippen molar-refractivity contribution in [3.63, 3.8) is 0 Å². The molecule has 0 heterocycles. The number of aryl methyl sites for hydroxylation is 1. The van der Waals surface area contributed by atoms with Crippen LogP contribution in [0.3, 0.4) is 0 Å². The molecule has 0 bridgehead atoms. The smallest absolute Gasteiger partial charge is 0.0424 e. The average Bonchev–Trinajstić information content (AvgIpc) is 2.37. The van der Waals surface area contributed by atoms with E-state index in [0.717, 1.165) is 26.1 Å². The Kier molecular flexibility index (Phi) is 7.06. The minimum Gasteiger partial charge on any atom is -0.323 e. The fourth-order valence-electron chi connectivity index (χ4n) is 2.12. The monoisotopic (exact) mass is 263 g/mol. The summed E-state index contributed by atoms with van der Waals surface area (Å²) in [6, 6.07) is 8.87. The van der Waals surface area contributed by atoms with Crippen LogP contribution < -0.4 is 5.73 Å². The third-order valence-electron chi connectivity index (χ3n) is 3.38. The fourth-order valence-corrected chi connectivity index (χ4v) is 2.12. The van der Waals surface area contributed by atoms with Gasteiger partial charge in [0, 0.05) is 25.7 Å². The van der Waals surface area contributed by atoms with Crippen LogP contribution in [-0.2, 0) is 6.42 Å². The summed E-state index contributed by atoms with van der Waals surface area (Å²) in [6.45, 7) is 5.23. The quantitative estimate of drug-likeness (QED) is 0.780. The first-order valence-corrected chi connectivity index (χ1v) is 7.20. The Bertz CT molecular complexity index is 346. The first-order chi connectivity index (χ1) is 9.02. The lowest BCUT2D eigenvalue weighted by atomic mass is 10.0. The number of hydrogen-bond donors (Lipinski definition) is 1. The van der Waals surface area contributed by atoms with Crippen LogP contribution in [0.15, 0.2) is 24.3 Å². The van der Waals surface area contributed by atoms with Gasteiger partial charge in [-0.2, -0.15) is 0 Å². The molecule has 1 aromatic rings. The minimum atomic E-state index is 0.0999. The average molecular weight is 263 g/mol. The van der Waals surface area contributed by atoms with Crippen molar-refractivity contribution < 1.29 is 0 Å². The molecule has 2 N–H and O–H groups in total. The molecular formula is C16H29N3. The summed E-state index contributed by atoms with van der Waals surface area (Å²) >= 11 is 0. The largest absolute Gasteiger partial charge is 0.323 e. The molecule has 0 aromatic heterocycles. The molecule has 0 fully saturated rings. The summed E-state index contributed by atoms with van der Waals surface area (Å²) in [5.74, 6) is 0. The molecule has 0 saturated carbocycles. The predicted molar refractivity (Wildman–Crippen MR) is 83.4 cm³/mol. The van der Waals surface area contributed by atoms with Gasteiger partial charge in [0.2, 0.25) is 0 Å². The Morgan fingerprint density at radius 2 is 1.68 bits per heavy atom. The van der Waals surface area contributed by atoms with Gasteiger partial charge in [0.05, 0.1) is 0 Å². The zero-order valence-corrected chi connectivity index (χ0v) is 12.9. The fraction of sp³-hybridized carbons (Fsp3) is 0.625. The van der Waals surface area contributed by atoms with Crippen molar-refractivity contribution in [1.29, 1.82) is 0 Å². The van der Waals surface area contributed by atoms with Crippen LogP contribution in [0.2, 0.25) is 0 Å². The molecule has 19 heavy (non-hydrogen) atoms. The molecule has 1 aromatic carbocycles. The van der Waals surface area contributed by atoms with Crippen molar-refractivity contribution >= 4 is 0 Å². The Hall–Kier alpha value is -0.900. The van der Waals surface area contributed by atoms with E-state index in [-0.39, 0.29) is 6.04 Å². The molecule has 0 aliphatic heterocycles. The van der Waals surface area contributed by atoms with Gasteiger partial charge in [0.25, 0.3) is 0 Å². The van der Waals surface area contributed by atoms with Gasteiger partial charge in [-0.05, 0) is 38.7 Å². The summed E-state index contributed by atoms with van der Waals surface area (Å²) in [5, 5.41) is 0. The maximum atomic E-state index is 6.27. The lowest BCUT2D eigenvalue weighted by Gasteiger charge is -2.23. The zero-order chi connectivity index (χ0) is 14.3. The number of hydrogen-bond acceptors (Lipinski definition) is 3. The standard InChI is InChI=1S/C16H29N3/c1-5-6-14-7-9-15(10-8-14)16(17)13-19(4)12-11-18(2)3/h7-10,16H,5-6,11-13,17H2,1-4H3. The Balaban J connectivity index is 2.45. The van der Waals surface area contributed by atoms with Crippen LogP contribution in [0.4, 0.5) is 0 Å². The van der Waals surface area contributed by atoms with E-state index < -0.39 is 0 Å². The second-order valence-electron chi connectivity index (χ2n) is 5.66. The number of rotatable bonds is 8. The third-order valence-corrected chi connectivity index (χ3v) is 3.38. The van der Waals surface area contributed by atoms with E-state index in [0.29, 0.717) is 0 Å². The maximum Gasteiger partial charge on any atom is 0.0424 e. The highest BCUT2D eigenvalue weighted by molar-refractivity contribution is 5.25. The van der Waals surface area contributed by atoms with Crippen LogP contribution in [0.25, 0.3) is 0 Å². The SMILES string of the molecule is CCCc1ccc(C(N)CN(C)CCN(C)C)cc1. The van der Waals surface area contributed by atoms with Gasteiger partial charge in [-0.1, -0.05) is 37.6 Å². The van der Waals surface area contributed by atoms with Crippen LogP contribution >= 0.6 is 0 Å². The van der Waals surface area contributed by atoms with Crippen molar-refractivity contribution in [1.82, 2.24) is 9.80 Å². The molecule has 0 aliphatic carbocycles. The molecule has 0 radical (unpaired) electrons. The number of likely N-dealkylation sites (N-methyl/N-ethyl adjacent to an activating group) is 2. The van der Waals surface area contributed by atoms with Crippen LogP contribution in [-0.4, -0.2) is 50.6 Å². The molecule has 3 heteroatoms. The lowest BCUT2D eigenvalue weighted by Crippen LogP contribution is -2.34. The number of nitrogens with zero attached hydrogens (tertiary/aromatic N) is 2. The molecule has 0 aliphatic rings. The van der Waals surface area contributed by atoms with E-state index in [4.69, 9.17) is 5.73 Å². The highest BCUT2D eigenvalue weighted by Gasteiger charge is 2.09. The van der Waals surface area contributed by atoms with E-state index in [1.165, 1.54) is 17.5 Å². The van der Waals surface area contributed by atoms with E-state index >= 15 is 0 Å². The van der Waals surface area contributed by atoms with E-state index in [2.05, 4.69) is 62.1 Å². The van der Waals surface area contributed by atoms with E-state index in [9.17, 15) is 0 Å². The molecule has 3 nitrogen and oxygen atoms in total. The number of benzene rings is 1. The van der Waals surface area contributed by atoms with Crippen LogP contribution in [0.1, 0.15) is 30.5 Å². The highest BCUT2D eigenvalue weighted by Crippen LogP contribution is 2.13. The molecule has 108 valence electrons. The summed E-state index contributed by atoms with van der Waals surface area (Å²) in [4.78, 5) is 4.49. The summed E-state index contributed by atoms with van der Waals surface area (Å²) in [7, 11) is 6.33. The van der Waals surface area contributed by atoms with Crippen molar-refractivity contribution in [3.8, 4) is 0 Å². The Morgan fingerprint density at radius 1 is 1.05 bits per heavy atom. The van der Waals surface area contributed by atoms with Crippen molar-refractivity contribution in [2.24, 2.45) is 5.73 Å². The van der Waals surface area contributed by atoms with Gasteiger partial charge in [-0.15, -0.1) is 0 Å². The molecular weight excluding hydrogens is 234 g/mol. The van der Waals surface area contributed by atoms with Gasteiger partial charge in [0.15, 0.2) is 0 Å². The normalized spacial score (nSPS) is 13.2. The molecule has 1 unspecified atom stereocenters. The molecule has 0 spiro atoms. The highest BCUT2D eigenvalue weighted by atomic mass is 15.2. The topological polar surface area (TPSA) is 32.5 Å². The van der Waals surface area contributed by atoms with E-state index in [1.54, 1.807) is 0 Å². The summed E-state index contributed by atoms with van der Waals surface area (Å²) in [5.41, 5.74) is 8.91. The van der Waals surface area contributed by atoms with Crippen molar-refractivity contribution in [3.05, 3.63) is 35.4 Å². The van der Waals surface area contributed by atoms with Gasteiger partial charge in [-0.3, -0.25) is 0 Å². The molecule has 0 saturated heterocycles. The Morgan fingerprint density at radius 3 is 2.21 bits per heavy atom. The van der Waals surface area contributed by atoms with Crippen LogP contribution in [0, 0.1) is 0 Å². The summed E-state index contributed by atoms with van der Waals surface area (Å²) < 4.78 is 0. The lowest BCUT2D eigenvalue weighted by molar-refractivity contribution is 0.269. The van der Waals surface area contributed by atoms with Gasteiger partial charge >= 0.3 is 0 Å². The van der Waals surface area contributed by atoms with Gasteiger partial charge in [0.1, 0.15) is 0 Å². The van der Waals surface area contributed by atoms with Crippen LogP contribution in [0.5, 0.6) is 0 Å².